The minimum Gasteiger partial charge on any atom is -0.755 e. The second kappa shape index (κ2) is 12.4. The van der Waals surface area contributed by atoms with Crippen LogP contribution in [0, 0.1) is 12.8 Å². The van der Waals surface area contributed by atoms with Crippen molar-refractivity contribution in [3.63, 3.8) is 0 Å². The van der Waals surface area contributed by atoms with E-state index in [0.29, 0.717) is 17.3 Å². The van der Waals surface area contributed by atoms with Gasteiger partial charge >= 0.3 is 6.36 Å². The first-order valence-electron chi connectivity index (χ1n) is 11.9. The minimum atomic E-state index is -4.75. The topological polar surface area (TPSA) is 55.8 Å². The van der Waals surface area contributed by atoms with Crippen molar-refractivity contribution in [2.24, 2.45) is 5.92 Å². The Morgan fingerprint density at radius 3 is 2.31 bits per heavy atom. The van der Waals surface area contributed by atoms with Gasteiger partial charge in [0.05, 0.1) is 0 Å². The fraction of sp³-hybridized carbons (Fsp3) is 0.462. The molecule has 36 heavy (non-hydrogen) atoms. The molecule has 1 heterocycles. The first kappa shape index (κ1) is 28.4. The number of fused-ring (bicyclic) bond motifs is 1. The smallest absolute Gasteiger partial charge is 0.573 e. The van der Waals surface area contributed by atoms with Crippen molar-refractivity contribution < 1.29 is 26.7 Å². The third kappa shape index (κ3) is 7.68. The number of alkyl halides is 3. The maximum Gasteiger partial charge on any atom is 0.573 e. The third-order valence-corrected chi connectivity index (χ3v) is 7.96. The predicted molar refractivity (Wildman–Crippen MR) is 140 cm³/mol. The minimum absolute atomic E-state index is 0.177. The normalized spacial score (nSPS) is 13.9. The Balaban J connectivity index is 1.93. The maximum absolute atomic E-state index is 12.6. The molecule has 0 saturated heterocycles. The molecule has 1 aromatic heterocycles. The molecule has 0 aliphatic heterocycles. The van der Waals surface area contributed by atoms with Gasteiger partial charge in [0, 0.05) is 35.1 Å². The number of thiophene rings is 1. The van der Waals surface area contributed by atoms with Crippen LogP contribution in [0.3, 0.4) is 0 Å². The molecule has 0 aliphatic rings. The van der Waals surface area contributed by atoms with Crippen molar-refractivity contribution in [1.82, 2.24) is 4.90 Å². The average Bonchev–Trinajstić information content (AvgIpc) is 3.12. The number of hydrogen-bond acceptors (Lipinski definition) is 5. The molecule has 0 fully saturated rings. The summed E-state index contributed by atoms with van der Waals surface area (Å²) in [6.07, 6.45) is -3.37. The summed E-state index contributed by atoms with van der Waals surface area (Å²) in [7, 11) is 0. The van der Waals surface area contributed by atoms with Crippen molar-refractivity contribution >= 4 is 37.7 Å². The van der Waals surface area contributed by atoms with E-state index in [1.54, 1.807) is 12.1 Å². The van der Waals surface area contributed by atoms with Crippen LogP contribution in [0.4, 0.5) is 18.2 Å². The summed E-state index contributed by atoms with van der Waals surface area (Å²) >= 11 is -1.05. The van der Waals surface area contributed by atoms with E-state index < -0.39 is 17.6 Å². The number of nitrogens with zero attached hydrogens (tertiary/aromatic N) is 2. The van der Waals surface area contributed by atoms with Gasteiger partial charge in [-0.15, -0.1) is 24.5 Å². The predicted octanol–water partition coefficient (Wildman–Crippen LogP) is 6.69. The molecule has 198 valence electrons. The van der Waals surface area contributed by atoms with Crippen molar-refractivity contribution in [2.45, 2.75) is 52.9 Å². The molecule has 3 aromatic rings. The standard InChI is InChI=1S/C26H33F3N2O3S2/c1-5-14-30(16-18(2)3)21(15-20-10-12-22(13-11-20)34-26(27,28)29)17-31(36(32)33)25-19(4)23-8-6-7-9-24(23)35-25/h6-13,18,21H,5,14-17H2,1-4H3,(H,32,33)/p-1. The lowest BCUT2D eigenvalue weighted by atomic mass is 10.0. The van der Waals surface area contributed by atoms with E-state index in [9.17, 15) is 21.9 Å². The van der Waals surface area contributed by atoms with Crippen LogP contribution < -0.4 is 9.04 Å². The summed E-state index contributed by atoms with van der Waals surface area (Å²) in [6, 6.07) is 13.5. The number of halogens is 3. The number of aryl methyl sites for hydroxylation is 1. The Kier molecular flexibility index (Phi) is 9.79. The molecule has 10 heteroatoms. The van der Waals surface area contributed by atoms with Crippen LogP contribution >= 0.6 is 11.3 Å². The van der Waals surface area contributed by atoms with E-state index >= 15 is 0 Å². The van der Waals surface area contributed by atoms with Gasteiger partial charge in [0.15, 0.2) is 0 Å². The molecule has 0 N–H and O–H groups in total. The van der Waals surface area contributed by atoms with Gasteiger partial charge < -0.3 is 9.29 Å². The second-order valence-corrected chi connectivity index (χ2v) is 11.2. The lowest BCUT2D eigenvalue weighted by Crippen LogP contribution is -2.47. The average molecular weight is 542 g/mol. The van der Waals surface area contributed by atoms with Crippen LogP contribution in [0.25, 0.3) is 10.1 Å². The second-order valence-electron chi connectivity index (χ2n) is 9.25. The molecule has 0 bridgehead atoms. The highest BCUT2D eigenvalue weighted by molar-refractivity contribution is 7.81. The van der Waals surface area contributed by atoms with Crippen LogP contribution in [0.5, 0.6) is 5.75 Å². The Bertz CT molecular complexity index is 1150. The lowest BCUT2D eigenvalue weighted by Gasteiger charge is -2.37. The Morgan fingerprint density at radius 2 is 1.75 bits per heavy atom. The Morgan fingerprint density at radius 1 is 1.08 bits per heavy atom. The van der Waals surface area contributed by atoms with Gasteiger partial charge in [-0.25, -0.2) is 0 Å². The SMILES string of the molecule is CCCN(CC(C)C)C(Cc1ccc(OC(F)(F)F)cc1)CN(c1sc2ccccc2c1C)S(=O)[O-]. The summed E-state index contributed by atoms with van der Waals surface area (Å²) < 4.78 is 69.1. The summed E-state index contributed by atoms with van der Waals surface area (Å²) in [4.78, 5) is 2.29. The van der Waals surface area contributed by atoms with E-state index in [-0.39, 0.29) is 18.3 Å². The first-order chi connectivity index (χ1) is 17.0. The van der Waals surface area contributed by atoms with Gasteiger partial charge in [0.1, 0.15) is 10.8 Å². The molecule has 2 aromatic carbocycles. The van der Waals surface area contributed by atoms with Crippen LogP contribution in [0.1, 0.15) is 38.3 Å². The molecular formula is C26H32F3N2O3S2-. The van der Waals surface area contributed by atoms with E-state index in [4.69, 9.17) is 0 Å². The third-order valence-electron chi connectivity index (χ3n) is 5.86. The Labute approximate surface area is 217 Å². The van der Waals surface area contributed by atoms with E-state index in [1.165, 1.54) is 27.8 Å². The van der Waals surface area contributed by atoms with Crippen molar-refractivity contribution in [3.05, 3.63) is 59.7 Å². The fourth-order valence-corrected chi connectivity index (χ4v) is 6.38. The molecule has 3 rings (SSSR count). The van der Waals surface area contributed by atoms with Gasteiger partial charge in [0.25, 0.3) is 0 Å². The van der Waals surface area contributed by atoms with Crippen molar-refractivity contribution in [2.75, 3.05) is 23.9 Å². The van der Waals surface area contributed by atoms with Gasteiger partial charge in [-0.3, -0.25) is 13.4 Å². The number of benzene rings is 2. The van der Waals surface area contributed by atoms with E-state index in [2.05, 4.69) is 30.4 Å². The van der Waals surface area contributed by atoms with Gasteiger partial charge in [0.2, 0.25) is 0 Å². The highest BCUT2D eigenvalue weighted by Crippen LogP contribution is 2.38. The number of rotatable bonds is 12. The highest BCUT2D eigenvalue weighted by atomic mass is 32.2. The zero-order chi connectivity index (χ0) is 26.5. The zero-order valence-corrected chi connectivity index (χ0v) is 22.5. The summed E-state index contributed by atoms with van der Waals surface area (Å²) in [5.41, 5.74) is 1.72. The molecule has 2 atom stereocenters. The van der Waals surface area contributed by atoms with Gasteiger partial charge in [-0.2, -0.15) is 0 Å². The van der Waals surface area contributed by atoms with Crippen LogP contribution in [-0.4, -0.2) is 45.7 Å². The zero-order valence-electron chi connectivity index (χ0n) is 20.9. The van der Waals surface area contributed by atoms with Gasteiger partial charge in [-0.05, 0) is 66.9 Å². The van der Waals surface area contributed by atoms with Crippen LogP contribution in [-0.2, 0) is 17.7 Å². The maximum atomic E-state index is 12.6. The molecule has 5 nitrogen and oxygen atoms in total. The monoisotopic (exact) mass is 541 g/mol. The highest BCUT2D eigenvalue weighted by Gasteiger charge is 2.31. The largest absolute Gasteiger partial charge is 0.755 e. The first-order valence-corrected chi connectivity index (χ1v) is 13.8. The molecule has 0 amide bonds. The lowest BCUT2D eigenvalue weighted by molar-refractivity contribution is -0.274. The van der Waals surface area contributed by atoms with E-state index in [0.717, 1.165) is 40.7 Å². The summed E-state index contributed by atoms with van der Waals surface area (Å²) in [5, 5.41) is 1.71. The summed E-state index contributed by atoms with van der Waals surface area (Å²) in [5.74, 6) is 0.0810. The van der Waals surface area contributed by atoms with E-state index in [1.807, 2.05) is 31.2 Å². The number of ether oxygens (including phenoxy) is 1. The molecular weight excluding hydrogens is 509 g/mol. The summed E-state index contributed by atoms with van der Waals surface area (Å²) in [6.45, 7) is 10.0. The van der Waals surface area contributed by atoms with Crippen molar-refractivity contribution in [1.29, 1.82) is 0 Å². The fourth-order valence-electron chi connectivity index (χ4n) is 4.39. The Hall–Kier alpha value is -2.14. The molecule has 0 aliphatic carbocycles. The van der Waals surface area contributed by atoms with Crippen LogP contribution in [0.2, 0.25) is 0 Å². The molecule has 0 saturated carbocycles. The number of hydrogen-bond donors (Lipinski definition) is 0. The molecule has 0 spiro atoms. The molecule has 2 unspecified atom stereocenters. The quantitative estimate of drug-likeness (QED) is 0.240. The van der Waals surface area contributed by atoms with Crippen LogP contribution in [0.15, 0.2) is 48.5 Å². The molecule has 0 radical (unpaired) electrons. The number of anilines is 1. The van der Waals surface area contributed by atoms with Crippen molar-refractivity contribution in [3.8, 4) is 5.75 Å². The van der Waals surface area contributed by atoms with Gasteiger partial charge in [-0.1, -0.05) is 51.1 Å².